The quantitative estimate of drug-likeness (QED) is 0.528. The minimum absolute atomic E-state index is 0.400. The van der Waals surface area contributed by atoms with Crippen molar-refractivity contribution in [3.8, 4) is 0 Å². The lowest BCUT2D eigenvalue weighted by molar-refractivity contribution is 0.0528. The van der Waals surface area contributed by atoms with Crippen LogP contribution in [0.5, 0.6) is 0 Å². The number of hydrogen-bond acceptors (Lipinski definition) is 5. The molecule has 21 heavy (non-hydrogen) atoms. The first-order valence-corrected chi connectivity index (χ1v) is 6.45. The number of amides is 1. The topological polar surface area (TPSA) is 77.0 Å². The van der Waals surface area contributed by atoms with E-state index in [4.69, 9.17) is 4.74 Å². The summed E-state index contributed by atoms with van der Waals surface area (Å²) in [6, 6.07) is 6.71. The molecule has 6 nitrogen and oxygen atoms in total. The van der Waals surface area contributed by atoms with Crippen LogP contribution in [0, 0.1) is 0 Å². The Morgan fingerprint density at radius 3 is 2.10 bits per heavy atom. The van der Waals surface area contributed by atoms with Gasteiger partial charge >= 0.3 is 12.1 Å². The molecule has 1 N–H and O–H groups in total. The molecular formula is C15H20N2O4. The molecule has 0 saturated heterocycles. The molecule has 0 aliphatic carbocycles. The molecule has 1 amide bonds. The van der Waals surface area contributed by atoms with E-state index in [1.54, 1.807) is 52.0 Å². The summed E-state index contributed by atoms with van der Waals surface area (Å²) in [5.41, 5.74) is 3.57. The van der Waals surface area contributed by atoms with Gasteiger partial charge in [-0.25, -0.2) is 15.0 Å². The van der Waals surface area contributed by atoms with Crippen LogP contribution in [0.2, 0.25) is 0 Å². The Balaban J connectivity index is 2.70. The Kier molecular flexibility index (Phi) is 5.46. The summed E-state index contributed by atoms with van der Waals surface area (Å²) in [5, 5.41) is 3.95. The lowest BCUT2D eigenvalue weighted by atomic mass is 10.1. The van der Waals surface area contributed by atoms with Crippen molar-refractivity contribution in [2.45, 2.75) is 33.3 Å². The molecule has 6 heteroatoms. The molecule has 0 aliphatic heterocycles. The predicted molar refractivity (Wildman–Crippen MR) is 79.4 cm³/mol. The maximum absolute atomic E-state index is 11.5. The normalized spacial score (nSPS) is 11.8. The number of ether oxygens (including phenoxy) is 2. The van der Waals surface area contributed by atoms with Gasteiger partial charge in [0.15, 0.2) is 0 Å². The summed E-state index contributed by atoms with van der Waals surface area (Å²) in [4.78, 5) is 22.8. The maximum atomic E-state index is 11.5. The second kappa shape index (κ2) is 6.88. The minimum atomic E-state index is -0.618. The van der Waals surface area contributed by atoms with Crippen LogP contribution in [-0.4, -0.2) is 30.5 Å². The second-order valence-electron chi connectivity index (χ2n) is 5.38. The minimum Gasteiger partial charge on any atom is -0.465 e. The van der Waals surface area contributed by atoms with Gasteiger partial charge in [-0.2, -0.15) is 5.10 Å². The van der Waals surface area contributed by atoms with E-state index in [-0.39, 0.29) is 0 Å². The molecule has 0 heterocycles. The smallest absolute Gasteiger partial charge is 0.428 e. The number of hydrogen-bond donors (Lipinski definition) is 1. The van der Waals surface area contributed by atoms with Crippen molar-refractivity contribution in [3.63, 3.8) is 0 Å². The molecule has 0 spiro atoms. The van der Waals surface area contributed by atoms with E-state index in [9.17, 15) is 9.59 Å². The maximum Gasteiger partial charge on any atom is 0.428 e. The number of nitrogens with zero attached hydrogens (tertiary/aromatic N) is 1. The zero-order chi connectivity index (χ0) is 16.0. The molecule has 0 fully saturated rings. The lowest BCUT2D eigenvalue weighted by Crippen LogP contribution is -2.30. The molecule has 1 aromatic carbocycles. The number of benzene rings is 1. The molecule has 0 aromatic heterocycles. The van der Waals surface area contributed by atoms with Crippen molar-refractivity contribution < 1.29 is 19.1 Å². The first-order chi connectivity index (χ1) is 9.73. The standard InChI is InChI=1S/C15H20N2O4/c1-10(16-17-14(19)21-15(2,3)4)11-6-8-12(9-7-11)13(18)20-5/h6-9H,1-5H3,(H,17,19)/b16-10-. The number of methoxy groups -OCH3 is 1. The number of carbonyl (C=O) groups is 2. The van der Waals surface area contributed by atoms with E-state index in [1.807, 2.05) is 0 Å². The zero-order valence-electron chi connectivity index (χ0n) is 12.9. The SMILES string of the molecule is COC(=O)c1ccc(/C(C)=N\NC(=O)OC(C)(C)C)cc1. The monoisotopic (exact) mass is 292 g/mol. The van der Waals surface area contributed by atoms with Crippen LogP contribution in [0.3, 0.4) is 0 Å². The summed E-state index contributed by atoms with van der Waals surface area (Å²) in [5.74, 6) is -0.400. The van der Waals surface area contributed by atoms with E-state index < -0.39 is 17.7 Å². The van der Waals surface area contributed by atoms with Crippen LogP contribution in [0.15, 0.2) is 29.4 Å². The fourth-order valence-corrected chi connectivity index (χ4v) is 1.46. The van der Waals surface area contributed by atoms with E-state index in [0.29, 0.717) is 11.3 Å². The highest BCUT2D eigenvalue weighted by Gasteiger charge is 2.15. The Bertz CT molecular complexity index is 542. The fourth-order valence-electron chi connectivity index (χ4n) is 1.46. The first-order valence-electron chi connectivity index (χ1n) is 6.45. The Hall–Kier alpha value is -2.37. The van der Waals surface area contributed by atoms with Crippen LogP contribution < -0.4 is 5.43 Å². The predicted octanol–water partition coefficient (Wildman–Crippen LogP) is 2.72. The molecule has 114 valence electrons. The lowest BCUT2D eigenvalue weighted by Gasteiger charge is -2.18. The van der Waals surface area contributed by atoms with E-state index >= 15 is 0 Å². The largest absolute Gasteiger partial charge is 0.465 e. The molecule has 1 aromatic rings. The molecule has 0 bridgehead atoms. The third kappa shape index (κ3) is 5.64. The molecule has 0 unspecified atom stereocenters. The van der Waals surface area contributed by atoms with Crippen LogP contribution in [-0.2, 0) is 9.47 Å². The average Bonchev–Trinajstić information content (AvgIpc) is 2.42. The van der Waals surface area contributed by atoms with Crippen molar-refractivity contribution in [2.24, 2.45) is 5.10 Å². The number of nitrogens with one attached hydrogen (secondary N) is 1. The van der Waals surface area contributed by atoms with Gasteiger partial charge in [-0.15, -0.1) is 0 Å². The number of rotatable bonds is 3. The highest BCUT2D eigenvalue weighted by molar-refractivity contribution is 6.00. The molecule has 0 radical (unpaired) electrons. The van der Waals surface area contributed by atoms with E-state index in [0.717, 1.165) is 5.56 Å². The van der Waals surface area contributed by atoms with Gasteiger partial charge < -0.3 is 9.47 Å². The van der Waals surface area contributed by atoms with Crippen LogP contribution in [0.4, 0.5) is 4.79 Å². The van der Waals surface area contributed by atoms with Gasteiger partial charge in [-0.3, -0.25) is 0 Å². The van der Waals surface area contributed by atoms with Crippen LogP contribution in [0.25, 0.3) is 0 Å². The molecule has 0 aliphatic rings. The molecule has 1 rings (SSSR count). The molecular weight excluding hydrogens is 272 g/mol. The van der Waals surface area contributed by atoms with Crippen molar-refractivity contribution in [2.75, 3.05) is 7.11 Å². The van der Waals surface area contributed by atoms with Gasteiger partial charge in [-0.1, -0.05) is 12.1 Å². The molecule has 0 atom stereocenters. The Morgan fingerprint density at radius 1 is 1.10 bits per heavy atom. The zero-order valence-corrected chi connectivity index (χ0v) is 12.9. The van der Waals surface area contributed by atoms with Gasteiger partial charge in [0.25, 0.3) is 0 Å². The summed E-state index contributed by atoms with van der Waals surface area (Å²) in [6.07, 6.45) is -0.618. The third-order valence-electron chi connectivity index (χ3n) is 2.44. The van der Waals surface area contributed by atoms with E-state index in [2.05, 4.69) is 15.3 Å². The van der Waals surface area contributed by atoms with Gasteiger partial charge in [0.2, 0.25) is 0 Å². The van der Waals surface area contributed by atoms with Crippen molar-refractivity contribution in [1.82, 2.24) is 5.43 Å². The fraction of sp³-hybridized carbons (Fsp3) is 0.400. The number of esters is 1. The van der Waals surface area contributed by atoms with Crippen molar-refractivity contribution >= 4 is 17.8 Å². The average molecular weight is 292 g/mol. The second-order valence-corrected chi connectivity index (χ2v) is 5.38. The van der Waals surface area contributed by atoms with Crippen molar-refractivity contribution in [3.05, 3.63) is 35.4 Å². The van der Waals surface area contributed by atoms with Crippen LogP contribution >= 0.6 is 0 Å². The van der Waals surface area contributed by atoms with Gasteiger partial charge in [-0.05, 0) is 45.4 Å². The number of hydrazone groups is 1. The Labute approximate surface area is 124 Å². The first kappa shape index (κ1) is 16.7. The summed E-state index contributed by atoms with van der Waals surface area (Å²) >= 11 is 0. The van der Waals surface area contributed by atoms with Gasteiger partial charge in [0.05, 0.1) is 18.4 Å². The highest BCUT2D eigenvalue weighted by Crippen LogP contribution is 2.08. The highest BCUT2D eigenvalue weighted by atomic mass is 16.6. The van der Waals surface area contributed by atoms with Gasteiger partial charge in [0, 0.05) is 0 Å². The van der Waals surface area contributed by atoms with Crippen LogP contribution in [0.1, 0.15) is 43.6 Å². The Morgan fingerprint density at radius 2 is 1.62 bits per heavy atom. The summed E-state index contributed by atoms with van der Waals surface area (Å²) in [7, 11) is 1.33. The summed E-state index contributed by atoms with van der Waals surface area (Å²) < 4.78 is 9.69. The summed E-state index contributed by atoms with van der Waals surface area (Å²) in [6.45, 7) is 7.06. The van der Waals surface area contributed by atoms with E-state index in [1.165, 1.54) is 7.11 Å². The number of carbonyl (C=O) groups excluding carboxylic acids is 2. The van der Waals surface area contributed by atoms with Gasteiger partial charge in [0.1, 0.15) is 5.60 Å². The molecule has 0 saturated carbocycles. The van der Waals surface area contributed by atoms with Crippen molar-refractivity contribution in [1.29, 1.82) is 0 Å². The third-order valence-corrected chi connectivity index (χ3v) is 2.44.